The number of nitrogens with one attached hydrogen (secondary N) is 2. The summed E-state index contributed by atoms with van der Waals surface area (Å²) in [5.41, 5.74) is 2.49. The van der Waals surface area contributed by atoms with Crippen LogP contribution in [0.4, 0.5) is 11.8 Å². The van der Waals surface area contributed by atoms with Crippen LogP contribution in [-0.4, -0.2) is 27.2 Å². The van der Waals surface area contributed by atoms with Crippen molar-refractivity contribution in [3.8, 4) is 0 Å². The number of hydrogen-bond acceptors (Lipinski definition) is 6. The van der Waals surface area contributed by atoms with Crippen LogP contribution in [0.3, 0.4) is 0 Å². The SMILES string of the molecule is CCCC(C)(O)CNc1nc(NN)nc2ccccc12. The highest BCUT2D eigenvalue weighted by Gasteiger charge is 2.19. The van der Waals surface area contributed by atoms with Gasteiger partial charge in [-0.3, -0.25) is 5.43 Å². The average Bonchev–Trinajstić information content (AvgIpc) is 2.44. The van der Waals surface area contributed by atoms with Gasteiger partial charge in [-0.2, -0.15) is 4.98 Å². The summed E-state index contributed by atoms with van der Waals surface area (Å²) in [6.07, 6.45) is 1.65. The summed E-state index contributed by atoms with van der Waals surface area (Å²) in [5, 5.41) is 14.3. The van der Waals surface area contributed by atoms with E-state index in [-0.39, 0.29) is 0 Å². The van der Waals surface area contributed by atoms with Crippen molar-refractivity contribution in [3.63, 3.8) is 0 Å². The Hall–Kier alpha value is -1.92. The van der Waals surface area contributed by atoms with Crippen molar-refractivity contribution in [3.05, 3.63) is 24.3 Å². The lowest BCUT2D eigenvalue weighted by atomic mass is 10.0. The van der Waals surface area contributed by atoms with E-state index in [0.717, 1.165) is 23.7 Å². The molecule has 0 saturated carbocycles. The Labute approximate surface area is 118 Å². The lowest BCUT2D eigenvalue weighted by Crippen LogP contribution is -2.33. The van der Waals surface area contributed by atoms with Crippen molar-refractivity contribution < 1.29 is 5.11 Å². The molecule has 0 aliphatic carbocycles. The largest absolute Gasteiger partial charge is 0.388 e. The van der Waals surface area contributed by atoms with E-state index >= 15 is 0 Å². The van der Waals surface area contributed by atoms with E-state index in [2.05, 4.69) is 20.7 Å². The molecule has 6 heteroatoms. The van der Waals surface area contributed by atoms with Crippen LogP contribution in [-0.2, 0) is 0 Å². The molecule has 2 rings (SSSR count). The number of nitrogen functional groups attached to an aromatic ring is 1. The fourth-order valence-electron chi connectivity index (χ4n) is 2.18. The van der Waals surface area contributed by atoms with E-state index in [1.165, 1.54) is 0 Å². The Kier molecular flexibility index (Phi) is 4.36. The Morgan fingerprint density at radius 1 is 1.30 bits per heavy atom. The van der Waals surface area contributed by atoms with Gasteiger partial charge in [-0.1, -0.05) is 25.5 Å². The maximum atomic E-state index is 10.2. The molecule has 1 atom stereocenters. The van der Waals surface area contributed by atoms with Crippen molar-refractivity contribution >= 4 is 22.7 Å². The molecule has 0 radical (unpaired) electrons. The van der Waals surface area contributed by atoms with Crippen molar-refractivity contribution in [2.45, 2.75) is 32.3 Å². The second-order valence-corrected chi connectivity index (χ2v) is 5.16. The van der Waals surface area contributed by atoms with Gasteiger partial charge < -0.3 is 10.4 Å². The Bertz CT molecular complexity index is 585. The quantitative estimate of drug-likeness (QED) is 0.475. The molecule has 0 bridgehead atoms. The standard InChI is InChI=1S/C14H21N5O/c1-3-8-14(2,20)9-16-12-10-6-4-5-7-11(10)17-13(18-12)19-15/h4-7,20H,3,8-9,15H2,1-2H3,(H2,16,17,18,19). The molecular formula is C14H21N5O. The number of aromatic nitrogens is 2. The smallest absolute Gasteiger partial charge is 0.239 e. The van der Waals surface area contributed by atoms with Crippen LogP contribution in [0.25, 0.3) is 10.9 Å². The fourth-order valence-corrected chi connectivity index (χ4v) is 2.18. The maximum Gasteiger partial charge on any atom is 0.239 e. The summed E-state index contributed by atoms with van der Waals surface area (Å²) < 4.78 is 0. The summed E-state index contributed by atoms with van der Waals surface area (Å²) >= 11 is 0. The number of benzene rings is 1. The van der Waals surface area contributed by atoms with Gasteiger partial charge in [-0.15, -0.1) is 0 Å². The van der Waals surface area contributed by atoms with E-state index in [1.807, 2.05) is 38.1 Å². The van der Waals surface area contributed by atoms with Crippen LogP contribution in [0.1, 0.15) is 26.7 Å². The van der Waals surface area contributed by atoms with E-state index in [0.29, 0.717) is 18.3 Å². The number of fused-ring (bicyclic) bond motifs is 1. The van der Waals surface area contributed by atoms with E-state index in [1.54, 1.807) is 0 Å². The number of anilines is 2. The predicted molar refractivity (Wildman–Crippen MR) is 81.4 cm³/mol. The molecule has 6 nitrogen and oxygen atoms in total. The van der Waals surface area contributed by atoms with Crippen molar-refractivity contribution in [1.29, 1.82) is 0 Å². The van der Waals surface area contributed by atoms with Gasteiger partial charge in [0.15, 0.2) is 0 Å². The molecule has 0 saturated heterocycles. The number of hydrazine groups is 1. The zero-order valence-electron chi connectivity index (χ0n) is 11.8. The van der Waals surface area contributed by atoms with Gasteiger partial charge in [0.05, 0.1) is 11.1 Å². The van der Waals surface area contributed by atoms with Crippen LogP contribution < -0.4 is 16.6 Å². The zero-order valence-corrected chi connectivity index (χ0v) is 11.8. The first kappa shape index (κ1) is 14.5. The lowest BCUT2D eigenvalue weighted by molar-refractivity contribution is 0.0636. The summed E-state index contributed by atoms with van der Waals surface area (Å²) in [5.74, 6) is 6.40. The normalized spacial score (nSPS) is 14.0. The Morgan fingerprint density at radius 2 is 2.05 bits per heavy atom. The van der Waals surface area contributed by atoms with Gasteiger partial charge in [-0.25, -0.2) is 10.8 Å². The number of hydrogen-bond donors (Lipinski definition) is 4. The van der Waals surface area contributed by atoms with Crippen LogP contribution in [0, 0.1) is 0 Å². The molecule has 0 fully saturated rings. The lowest BCUT2D eigenvalue weighted by Gasteiger charge is -2.23. The second kappa shape index (κ2) is 6.02. The average molecular weight is 275 g/mol. The Morgan fingerprint density at radius 3 is 2.75 bits per heavy atom. The zero-order chi connectivity index (χ0) is 14.6. The van der Waals surface area contributed by atoms with Gasteiger partial charge in [0.2, 0.25) is 5.95 Å². The third kappa shape index (κ3) is 3.34. The monoisotopic (exact) mass is 275 g/mol. The molecule has 0 spiro atoms. The van der Waals surface area contributed by atoms with Gasteiger partial charge in [-0.05, 0) is 25.5 Å². The van der Waals surface area contributed by atoms with E-state index < -0.39 is 5.60 Å². The van der Waals surface area contributed by atoms with Crippen molar-refractivity contribution in [2.24, 2.45) is 5.84 Å². The summed E-state index contributed by atoms with van der Waals surface area (Å²) in [7, 11) is 0. The Balaban J connectivity index is 2.28. The molecule has 20 heavy (non-hydrogen) atoms. The summed E-state index contributed by atoms with van der Waals surface area (Å²) in [4.78, 5) is 8.60. The first-order chi connectivity index (χ1) is 9.55. The molecule has 1 aromatic carbocycles. The molecule has 108 valence electrons. The number of nitrogens with zero attached hydrogens (tertiary/aromatic N) is 2. The van der Waals surface area contributed by atoms with Crippen LogP contribution in [0.2, 0.25) is 0 Å². The highest BCUT2D eigenvalue weighted by atomic mass is 16.3. The van der Waals surface area contributed by atoms with Gasteiger partial charge in [0, 0.05) is 11.9 Å². The topological polar surface area (TPSA) is 96.1 Å². The molecule has 2 aromatic rings. The second-order valence-electron chi connectivity index (χ2n) is 5.16. The van der Waals surface area contributed by atoms with Crippen LogP contribution in [0.5, 0.6) is 0 Å². The number of aliphatic hydroxyl groups is 1. The molecule has 0 aliphatic heterocycles. The van der Waals surface area contributed by atoms with E-state index in [9.17, 15) is 5.11 Å². The molecule has 1 heterocycles. The first-order valence-corrected chi connectivity index (χ1v) is 6.75. The van der Waals surface area contributed by atoms with Crippen molar-refractivity contribution in [2.75, 3.05) is 17.3 Å². The number of para-hydroxylation sites is 1. The maximum absolute atomic E-state index is 10.2. The molecule has 0 aliphatic rings. The molecular weight excluding hydrogens is 254 g/mol. The first-order valence-electron chi connectivity index (χ1n) is 6.75. The highest BCUT2D eigenvalue weighted by Crippen LogP contribution is 2.22. The molecule has 1 unspecified atom stereocenters. The minimum Gasteiger partial charge on any atom is -0.388 e. The minimum atomic E-state index is -0.767. The third-order valence-corrected chi connectivity index (χ3v) is 3.16. The van der Waals surface area contributed by atoms with Crippen LogP contribution in [0.15, 0.2) is 24.3 Å². The third-order valence-electron chi connectivity index (χ3n) is 3.16. The predicted octanol–water partition coefficient (Wildman–Crippen LogP) is 1.88. The van der Waals surface area contributed by atoms with Gasteiger partial charge in [0.1, 0.15) is 5.82 Å². The fraction of sp³-hybridized carbons (Fsp3) is 0.429. The van der Waals surface area contributed by atoms with E-state index in [4.69, 9.17) is 5.84 Å². The molecule has 0 amide bonds. The highest BCUT2D eigenvalue weighted by molar-refractivity contribution is 5.89. The summed E-state index contributed by atoms with van der Waals surface area (Å²) in [6.45, 7) is 4.28. The van der Waals surface area contributed by atoms with Gasteiger partial charge >= 0.3 is 0 Å². The number of rotatable bonds is 6. The minimum absolute atomic E-state index is 0.348. The molecule has 5 N–H and O–H groups in total. The number of nitrogens with two attached hydrogens (primary N) is 1. The van der Waals surface area contributed by atoms with Gasteiger partial charge in [0.25, 0.3) is 0 Å². The summed E-state index contributed by atoms with van der Waals surface area (Å²) in [6, 6.07) is 7.67. The molecule has 1 aromatic heterocycles. The van der Waals surface area contributed by atoms with Crippen molar-refractivity contribution in [1.82, 2.24) is 9.97 Å². The van der Waals surface area contributed by atoms with Crippen LogP contribution >= 0.6 is 0 Å².